The summed E-state index contributed by atoms with van der Waals surface area (Å²) in [7, 11) is 0. The van der Waals surface area contributed by atoms with E-state index in [1.165, 1.54) is 18.2 Å². The van der Waals surface area contributed by atoms with Gasteiger partial charge in [-0.2, -0.15) is 0 Å². The van der Waals surface area contributed by atoms with Crippen LogP contribution in [-0.2, 0) is 4.79 Å². The second-order valence-electron chi connectivity index (χ2n) is 2.77. The van der Waals surface area contributed by atoms with Crippen molar-refractivity contribution in [3.05, 3.63) is 23.8 Å². The van der Waals surface area contributed by atoms with Crippen molar-refractivity contribution in [1.82, 2.24) is 0 Å². The monoisotopic (exact) mass is 170 g/mol. The predicted molar refractivity (Wildman–Crippen MR) is 41.3 cm³/mol. The highest BCUT2D eigenvalue weighted by Gasteiger charge is 2.20. The summed E-state index contributed by atoms with van der Waals surface area (Å²) in [6, 6.07) is 0. The highest BCUT2D eigenvalue weighted by Crippen LogP contribution is 2.19. The largest absolute Gasteiger partial charge is 0.481 e. The standard InChI is InChI=1S/C8H10O4/c9-7(10)5-6-1-3-8(11,12)4-2-6/h1-3,11-12H,4-5H2,(H,9,10). The third kappa shape index (κ3) is 2.48. The van der Waals surface area contributed by atoms with Crippen molar-refractivity contribution >= 4 is 5.97 Å². The lowest BCUT2D eigenvalue weighted by atomic mass is 10.0. The maximum Gasteiger partial charge on any atom is 0.307 e. The van der Waals surface area contributed by atoms with Gasteiger partial charge in [-0.05, 0) is 11.6 Å². The molecule has 0 aromatic rings. The van der Waals surface area contributed by atoms with Crippen molar-refractivity contribution in [3.8, 4) is 0 Å². The van der Waals surface area contributed by atoms with Crippen LogP contribution in [0.2, 0.25) is 0 Å². The summed E-state index contributed by atoms with van der Waals surface area (Å²) in [5.74, 6) is -2.73. The molecule has 0 aliphatic heterocycles. The van der Waals surface area contributed by atoms with E-state index in [2.05, 4.69) is 0 Å². The zero-order valence-corrected chi connectivity index (χ0v) is 6.40. The second kappa shape index (κ2) is 3.08. The van der Waals surface area contributed by atoms with Gasteiger partial charge in [-0.25, -0.2) is 0 Å². The molecule has 0 radical (unpaired) electrons. The van der Waals surface area contributed by atoms with E-state index in [4.69, 9.17) is 15.3 Å². The first-order chi connectivity index (χ1) is 5.49. The number of aliphatic carboxylic acids is 1. The Morgan fingerprint density at radius 2 is 2.25 bits per heavy atom. The number of allylic oxidation sites excluding steroid dienone is 1. The smallest absolute Gasteiger partial charge is 0.307 e. The molecule has 4 heteroatoms. The maximum atomic E-state index is 10.2. The first kappa shape index (κ1) is 8.96. The Morgan fingerprint density at radius 1 is 1.58 bits per heavy atom. The SMILES string of the molecule is O=C(O)CC1=CCC(O)(O)C=C1. The summed E-state index contributed by atoms with van der Waals surface area (Å²) in [4.78, 5) is 10.2. The summed E-state index contributed by atoms with van der Waals surface area (Å²) in [6.07, 6.45) is 4.08. The molecule has 0 bridgehead atoms. The summed E-state index contributed by atoms with van der Waals surface area (Å²) in [6.45, 7) is 0. The van der Waals surface area contributed by atoms with Crippen LogP contribution in [0.5, 0.6) is 0 Å². The Balaban J connectivity index is 2.58. The zero-order chi connectivity index (χ0) is 9.19. The predicted octanol–water partition coefficient (Wildman–Crippen LogP) is 0.0283. The number of carboxylic acid groups (broad SMARTS) is 1. The van der Waals surface area contributed by atoms with Gasteiger partial charge >= 0.3 is 5.97 Å². The molecule has 12 heavy (non-hydrogen) atoms. The third-order valence-electron chi connectivity index (χ3n) is 1.58. The molecule has 0 aromatic heterocycles. The molecule has 0 amide bonds. The van der Waals surface area contributed by atoms with Gasteiger partial charge in [0.25, 0.3) is 0 Å². The number of carbonyl (C=O) groups is 1. The van der Waals surface area contributed by atoms with Gasteiger partial charge in [-0.1, -0.05) is 12.2 Å². The van der Waals surface area contributed by atoms with Crippen LogP contribution in [-0.4, -0.2) is 27.1 Å². The molecule has 0 fully saturated rings. The van der Waals surface area contributed by atoms with Crippen molar-refractivity contribution in [2.75, 3.05) is 0 Å². The fourth-order valence-electron chi connectivity index (χ4n) is 0.964. The molecule has 0 spiro atoms. The molecule has 0 saturated heterocycles. The van der Waals surface area contributed by atoms with Crippen molar-refractivity contribution < 1.29 is 20.1 Å². The lowest BCUT2D eigenvalue weighted by Crippen LogP contribution is -2.25. The van der Waals surface area contributed by atoms with Crippen molar-refractivity contribution in [2.45, 2.75) is 18.6 Å². The van der Waals surface area contributed by atoms with Gasteiger partial charge < -0.3 is 15.3 Å². The summed E-state index contributed by atoms with van der Waals surface area (Å²) >= 11 is 0. The van der Waals surface area contributed by atoms with E-state index in [0.717, 1.165) is 0 Å². The van der Waals surface area contributed by atoms with Gasteiger partial charge in [0.05, 0.1) is 6.42 Å². The van der Waals surface area contributed by atoms with E-state index in [1.54, 1.807) is 0 Å². The molecule has 4 nitrogen and oxygen atoms in total. The van der Waals surface area contributed by atoms with Crippen LogP contribution in [0.4, 0.5) is 0 Å². The molecule has 1 rings (SSSR count). The Morgan fingerprint density at radius 3 is 2.67 bits per heavy atom. The molecule has 0 atom stereocenters. The van der Waals surface area contributed by atoms with E-state index in [9.17, 15) is 4.79 Å². The van der Waals surface area contributed by atoms with Crippen molar-refractivity contribution in [3.63, 3.8) is 0 Å². The Labute approximate surface area is 69.5 Å². The van der Waals surface area contributed by atoms with Crippen LogP contribution < -0.4 is 0 Å². The van der Waals surface area contributed by atoms with Gasteiger partial charge in [-0.15, -0.1) is 0 Å². The average molecular weight is 170 g/mol. The molecule has 0 unspecified atom stereocenters. The van der Waals surface area contributed by atoms with Gasteiger partial charge in [0.2, 0.25) is 0 Å². The number of hydrogen-bond donors (Lipinski definition) is 3. The first-order valence-electron chi connectivity index (χ1n) is 3.54. The second-order valence-corrected chi connectivity index (χ2v) is 2.77. The molecule has 1 aliphatic carbocycles. The van der Waals surface area contributed by atoms with Crippen LogP contribution in [0.15, 0.2) is 23.8 Å². The minimum absolute atomic E-state index is 0.0477. The van der Waals surface area contributed by atoms with E-state index in [0.29, 0.717) is 5.57 Å². The Kier molecular flexibility index (Phi) is 2.30. The Hall–Kier alpha value is -1.13. The lowest BCUT2D eigenvalue weighted by molar-refractivity contribution is -0.136. The summed E-state index contributed by atoms with van der Waals surface area (Å²) in [5.41, 5.74) is 0.598. The van der Waals surface area contributed by atoms with Gasteiger partial charge in [0.15, 0.2) is 5.79 Å². The molecule has 0 heterocycles. The van der Waals surface area contributed by atoms with Crippen LogP contribution >= 0.6 is 0 Å². The summed E-state index contributed by atoms with van der Waals surface area (Å²) in [5, 5.41) is 26.4. The molecule has 0 saturated carbocycles. The highest BCUT2D eigenvalue weighted by atomic mass is 16.5. The quantitative estimate of drug-likeness (QED) is 0.511. The molecule has 1 aliphatic rings. The highest BCUT2D eigenvalue weighted by molar-refractivity contribution is 5.71. The topological polar surface area (TPSA) is 77.8 Å². The third-order valence-corrected chi connectivity index (χ3v) is 1.58. The van der Waals surface area contributed by atoms with Gasteiger partial charge in [0.1, 0.15) is 0 Å². The summed E-state index contributed by atoms with van der Waals surface area (Å²) < 4.78 is 0. The minimum Gasteiger partial charge on any atom is -0.481 e. The fourth-order valence-corrected chi connectivity index (χ4v) is 0.964. The minimum atomic E-state index is -1.80. The van der Waals surface area contributed by atoms with Crippen LogP contribution in [0, 0.1) is 0 Å². The van der Waals surface area contributed by atoms with Gasteiger partial charge in [0, 0.05) is 6.42 Å². The van der Waals surface area contributed by atoms with Crippen molar-refractivity contribution in [1.29, 1.82) is 0 Å². The number of hydrogen-bond acceptors (Lipinski definition) is 3. The van der Waals surface area contributed by atoms with Crippen LogP contribution in [0.25, 0.3) is 0 Å². The van der Waals surface area contributed by atoms with E-state index in [1.807, 2.05) is 0 Å². The number of aliphatic hydroxyl groups is 2. The Bertz CT molecular complexity index is 250. The number of carboxylic acids is 1. The molecule has 3 N–H and O–H groups in total. The zero-order valence-electron chi connectivity index (χ0n) is 6.40. The average Bonchev–Trinajstić information content (AvgIpc) is 1.93. The van der Waals surface area contributed by atoms with Crippen molar-refractivity contribution in [2.24, 2.45) is 0 Å². The molecule has 66 valence electrons. The number of rotatable bonds is 2. The van der Waals surface area contributed by atoms with E-state index in [-0.39, 0.29) is 12.8 Å². The van der Waals surface area contributed by atoms with E-state index >= 15 is 0 Å². The molecule has 0 aromatic carbocycles. The molecular weight excluding hydrogens is 160 g/mol. The van der Waals surface area contributed by atoms with Crippen LogP contribution in [0.1, 0.15) is 12.8 Å². The van der Waals surface area contributed by atoms with Crippen LogP contribution in [0.3, 0.4) is 0 Å². The lowest BCUT2D eigenvalue weighted by Gasteiger charge is -2.19. The maximum absolute atomic E-state index is 10.2. The fraction of sp³-hybridized carbons (Fsp3) is 0.375. The molecular formula is C8H10O4. The normalized spacial score (nSPS) is 20.3. The van der Waals surface area contributed by atoms with E-state index < -0.39 is 11.8 Å². The first-order valence-corrected chi connectivity index (χ1v) is 3.54. The van der Waals surface area contributed by atoms with Gasteiger partial charge in [-0.3, -0.25) is 4.79 Å².